The van der Waals surface area contributed by atoms with Crippen LogP contribution in [-0.4, -0.2) is 18.2 Å². The number of ether oxygens (including phenoxy) is 2. The average molecular weight is 194 g/mol. The predicted octanol–water partition coefficient (Wildman–Crippen LogP) is 1.60. The number of methoxy groups -OCH3 is 1. The molecule has 1 aliphatic carbocycles. The molecule has 0 spiro atoms. The molecule has 1 heterocycles. The molecule has 0 radical (unpaired) electrons. The smallest absolute Gasteiger partial charge is 0.240 e. The fraction of sp³-hybridized carbons (Fsp3) is 0.500. The third kappa shape index (κ3) is 1.73. The molecular weight excluding hydrogens is 180 g/mol. The van der Waals surface area contributed by atoms with Gasteiger partial charge in [0.25, 0.3) is 0 Å². The number of rotatable bonds is 3. The zero-order valence-corrected chi connectivity index (χ0v) is 8.19. The van der Waals surface area contributed by atoms with Gasteiger partial charge >= 0.3 is 0 Å². The second kappa shape index (κ2) is 3.74. The van der Waals surface area contributed by atoms with Crippen molar-refractivity contribution in [3.05, 3.63) is 12.1 Å². The molecule has 1 aromatic rings. The van der Waals surface area contributed by atoms with Crippen molar-refractivity contribution in [2.75, 3.05) is 12.8 Å². The van der Waals surface area contributed by atoms with Crippen molar-refractivity contribution in [1.29, 1.82) is 0 Å². The van der Waals surface area contributed by atoms with E-state index >= 15 is 0 Å². The van der Waals surface area contributed by atoms with Crippen molar-refractivity contribution in [2.24, 2.45) is 0 Å². The van der Waals surface area contributed by atoms with Crippen LogP contribution in [-0.2, 0) is 0 Å². The lowest BCUT2D eigenvalue weighted by molar-refractivity contribution is 0.114. The third-order valence-electron chi connectivity index (χ3n) is 2.40. The van der Waals surface area contributed by atoms with E-state index in [1.54, 1.807) is 19.2 Å². The first-order chi connectivity index (χ1) is 6.79. The summed E-state index contributed by atoms with van der Waals surface area (Å²) in [4.78, 5) is 4.14. The lowest BCUT2D eigenvalue weighted by Crippen LogP contribution is -2.25. The van der Waals surface area contributed by atoms with Gasteiger partial charge in [0.15, 0.2) is 0 Å². The molecule has 1 saturated carbocycles. The molecule has 0 aromatic carbocycles. The van der Waals surface area contributed by atoms with Gasteiger partial charge in [0.1, 0.15) is 6.10 Å². The molecule has 4 nitrogen and oxygen atoms in total. The predicted molar refractivity (Wildman–Crippen MR) is 53.5 cm³/mol. The third-order valence-corrected chi connectivity index (χ3v) is 2.40. The first kappa shape index (κ1) is 9.12. The number of pyridine rings is 1. The summed E-state index contributed by atoms with van der Waals surface area (Å²) in [5.41, 5.74) is 6.17. The zero-order valence-electron chi connectivity index (χ0n) is 8.19. The van der Waals surface area contributed by atoms with Crippen molar-refractivity contribution in [3.63, 3.8) is 0 Å². The first-order valence-corrected chi connectivity index (χ1v) is 4.77. The Morgan fingerprint density at radius 1 is 1.43 bits per heavy atom. The van der Waals surface area contributed by atoms with E-state index in [4.69, 9.17) is 15.2 Å². The second-order valence-corrected chi connectivity index (χ2v) is 3.42. The van der Waals surface area contributed by atoms with Gasteiger partial charge in [-0.15, -0.1) is 0 Å². The zero-order chi connectivity index (χ0) is 9.97. The van der Waals surface area contributed by atoms with Crippen LogP contribution in [0.4, 0.5) is 5.69 Å². The number of nitrogen functional groups attached to an aromatic ring is 1. The van der Waals surface area contributed by atoms with Gasteiger partial charge in [0.2, 0.25) is 11.8 Å². The molecular formula is C10H14N2O2. The molecule has 0 saturated heterocycles. The number of anilines is 1. The Morgan fingerprint density at radius 2 is 2.21 bits per heavy atom. The minimum absolute atomic E-state index is 0.329. The van der Waals surface area contributed by atoms with E-state index in [1.807, 2.05) is 0 Å². The molecule has 0 bridgehead atoms. The largest absolute Gasteiger partial charge is 0.479 e. The van der Waals surface area contributed by atoms with Crippen LogP contribution in [0, 0.1) is 0 Å². The van der Waals surface area contributed by atoms with E-state index < -0.39 is 0 Å². The fourth-order valence-electron chi connectivity index (χ4n) is 1.32. The molecule has 1 aromatic heterocycles. The Morgan fingerprint density at radius 3 is 2.79 bits per heavy atom. The second-order valence-electron chi connectivity index (χ2n) is 3.42. The van der Waals surface area contributed by atoms with Gasteiger partial charge < -0.3 is 15.2 Å². The molecule has 0 atom stereocenters. The summed E-state index contributed by atoms with van der Waals surface area (Å²) in [5, 5.41) is 0. The summed E-state index contributed by atoms with van der Waals surface area (Å²) in [6.07, 6.45) is 3.82. The number of hydrogen-bond donors (Lipinski definition) is 1. The van der Waals surface area contributed by atoms with Crippen LogP contribution in [0.2, 0.25) is 0 Å². The van der Waals surface area contributed by atoms with E-state index in [-0.39, 0.29) is 0 Å². The molecule has 0 amide bonds. The summed E-state index contributed by atoms with van der Waals surface area (Å²) in [6, 6.07) is 3.52. The van der Waals surface area contributed by atoms with Gasteiger partial charge in [-0.05, 0) is 25.3 Å². The first-order valence-electron chi connectivity index (χ1n) is 4.77. The van der Waals surface area contributed by atoms with Crippen LogP contribution in [0.25, 0.3) is 0 Å². The maximum atomic E-state index is 5.63. The normalized spacial score (nSPS) is 16.1. The number of aromatic nitrogens is 1. The molecule has 0 aliphatic heterocycles. The molecule has 0 unspecified atom stereocenters. The molecule has 2 N–H and O–H groups in total. The molecule has 1 aliphatic rings. The maximum absolute atomic E-state index is 5.63. The summed E-state index contributed by atoms with van der Waals surface area (Å²) < 4.78 is 10.6. The average Bonchev–Trinajstić information content (AvgIpc) is 2.14. The van der Waals surface area contributed by atoms with Crippen molar-refractivity contribution < 1.29 is 9.47 Å². The Hall–Kier alpha value is -1.45. The highest BCUT2D eigenvalue weighted by Crippen LogP contribution is 2.27. The highest BCUT2D eigenvalue weighted by Gasteiger charge is 2.19. The number of hydrogen-bond acceptors (Lipinski definition) is 4. The van der Waals surface area contributed by atoms with E-state index in [1.165, 1.54) is 6.42 Å². The fourth-order valence-corrected chi connectivity index (χ4v) is 1.32. The van der Waals surface area contributed by atoms with Crippen molar-refractivity contribution >= 4 is 5.69 Å². The maximum Gasteiger partial charge on any atom is 0.240 e. The molecule has 14 heavy (non-hydrogen) atoms. The summed E-state index contributed by atoms with van der Waals surface area (Å²) >= 11 is 0. The monoisotopic (exact) mass is 194 g/mol. The van der Waals surface area contributed by atoms with E-state index in [9.17, 15) is 0 Å². The van der Waals surface area contributed by atoms with E-state index in [0.29, 0.717) is 23.6 Å². The van der Waals surface area contributed by atoms with Crippen molar-refractivity contribution in [2.45, 2.75) is 25.4 Å². The Bertz CT molecular complexity index is 324. The van der Waals surface area contributed by atoms with Crippen LogP contribution in [0.3, 0.4) is 0 Å². The van der Waals surface area contributed by atoms with Gasteiger partial charge in [-0.25, -0.2) is 0 Å². The molecule has 2 rings (SSSR count). The Labute approximate surface area is 83.0 Å². The minimum Gasteiger partial charge on any atom is -0.479 e. The van der Waals surface area contributed by atoms with Crippen LogP contribution in [0.15, 0.2) is 12.1 Å². The molecule has 76 valence electrons. The van der Waals surface area contributed by atoms with Crippen LogP contribution in [0.5, 0.6) is 11.8 Å². The Kier molecular flexibility index (Phi) is 2.43. The van der Waals surface area contributed by atoms with Gasteiger partial charge in [-0.3, -0.25) is 0 Å². The molecule has 4 heteroatoms. The Balaban J connectivity index is 2.09. The van der Waals surface area contributed by atoms with Gasteiger partial charge in [-0.2, -0.15) is 4.98 Å². The van der Waals surface area contributed by atoms with Gasteiger partial charge in [0, 0.05) is 6.07 Å². The lowest BCUT2D eigenvalue weighted by Gasteiger charge is -2.25. The minimum atomic E-state index is 0.329. The topological polar surface area (TPSA) is 57.4 Å². The van der Waals surface area contributed by atoms with Crippen molar-refractivity contribution in [1.82, 2.24) is 4.98 Å². The highest BCUT2D eigenvalue weighted by molar-refractivity contribution is 5.49. The number of nitrogens with two attached hydrogens (primary N) is 1. The SMILES string of the molecule is COc1nc(OC2CCC2)ccc1N. The number of nitrogens with zero attached hydrogens (tertiary/aromatic N) is 1. The van der Waals surface area contributed by atoms with Crippen LogP contribution in [0.1, 0.15) is 19.3 Å². The lowest BCUT2D eigenvalue weighted by atomic mass is 9.96. The summed E-state index contributed by atoms with van der Waals surface area (Å²) in [5.74, 6) is 1.03. The summed E-state index contributed by atoms with van der Waals surface area (Å²) in [7, 11) is 1.55. The van der Waals surface area contributed by atoms with Crippen LogP contribution >= 0.6 is 0 Å². The quantitative estimate of drug-likeness (QED) is 0.794. The van der Waals surface area contributed by atoms with E-state index in [2.05, 4.69) is 4.98 Å². The standard InChI is InChI=1S/C10H14N2O2/c1-13-10-8(11)5-6-9(12-10)14-7-3-2-4-7/h5-7H,2-4,11H2,1H3. The van der Waals surface area contributed by atoms with E-state index in [0.717, 1.165) is 12.8 Å². The highest BCUT2D eigenvalue weighted by atomic mass is 16.5. The molecule has 1 fully saturated rings. The summed E-state index contributed by atoms with van der Waals surface area (Å²) in [6.45, 7) is 0. The van der Waals surface area contributed by atoms with Crippen molar-refractivity contribution in [3.8, 4) is 11.8 Å². The van der Waals surface area contributed by atoms with Gasteiger partial charge in [-0.1, -0.05) is 0 Å². The van der Waals surface area contributed by atoms with Gasteiger partial charge in [0.05, 0.1) is 12.8 Å². The van der Waals surface area contributed by atoms with Crippen LogP contribution < -0.4 is 15.2 Å².